The molecule has 1 saturated carbocycles. The molecular formula is C19H26N4O3S. The van der Waals surface area contributed by atoms with Gasteiger partial charge in [-0.1, -0.05) is 19.8 Å². The molecule has 27 heavy (non-hydrogen) atoms. The molecule has 1 aromatic heterocycles. The second-order valence-corrected chi connectivity index (χ2v) is 9.15. The number of hydrogen-bond acceptors (Lipinski definition) is 5. The van der Waals surface area contributed by atoms with Crippen molar-refractivity contribution in [3.8, 4) is 0 Å². The number of carbonyl (C=O) groups is 3. The molecule has 1 aromatic rings. The number of hydrogen-bond donors (Lipinski definition) is 2. The number of nitrogens with zero attached hydrogens (tertiary/aromatic N) is 2. The molecule has 0 bridgehead atoms. The van der Waals surface area contributed by atoms with Crippen LogP contribution in [0.4, 0.5) is 9.93 Å². The van der Waals surface area contributed by atoms with Crippen LogP contribution in [0.1, 0.15) is 62.4 Å². The Morgan fingerprint density at radius 2 is 2.15 bits per heavy atom. The zero-order valence-electron chi connectivity index (χ0n) is 15.7. The van der Waals surface area contributed by atoms with Gasteiger partial charge in [-0.3, -0.25) is 14.5 Å². The molecular weight excluding hydrogens is 364 g/mol. The highest BCUT2D eigenvalue weighted by Gasteiger charge is 2.52. The van der Waals surface area contributed by atoms with Crippen molar-refractivity contribution >= 4 is 34.3 Å². The van der Waals surface area contributed by atoms with Crippen molar-refractivity contribution < 1.29 is 14.4 Å². The Kier molecular flexibility index (Phi) is 4.92. The molecule has 4 rings (SSSR count). The number of aryl methyl sites for hydroxylation is 1. The average molecular weight is 391 g/mol. The van der Waals surface area contributed by atoms with Gasteiger partial charge < -0.3 is 10.6 Å². The Hall–Kier alpha value is -1.96. The summed E-state index contributed by atoms with van der Waals surface area (Å²) in [7, 11) is 0. The van der Waals surface area contributed by atoms with Crippen LogP contribution in [-0.4, -0.2) is 39.8 Å². The number of imide groups is 1. The maximum atomic E-state index is 12.6. The third kappa shape index (κ3) is 3.59. The van der Waals surface area contributed by atoms with Gasteiger partial charge in [0, 0.05) is 17.8 Å². The van der Waals surface area contributed by atoms with E-state index in [1.165, 1.54) is 9.78 Å². The number of fused-ring (bicyclic) bond motifs is 1. The average Bonchev–Trinajstić information content (AvgIpc) is 3.29. The number of rotatable bonds is 5. The number of carbonyl (C=O) groups excluding carboxylic acids is 3. The minimum atomic E-state index is -0.670. The van der Waals surface area contributed by atoms with Crippen molar-refractivity contribution in [1.82, 2.24) is 15.2 Å². The summed E-state index contributed by atoms with van der Waals surface area (Å²) in [5.74, 6) is 0.442. The first-order chi connectivity index (χ1) is 13.0. The monoisotopic (exact) mass is 390 g/mol. The predicted molar refractivity (Wildman–Crippen MR) is 103 cm³/mol. The van der Waals surface area contributed by atoms with Crippen LogP contribution in [0.3, 0.4) is 0 Å². The molecule has 146 valence electrons. The molecule has 3 aliphatic rings. The first kappa shape index (κ1) is 18.4. The summed E-state index contributed by atoms with van der Waals surface area (Å²) in [6, 6.07) is -0.316. The number of aromatic nitrogens is 1. The summed E-state index contributed by atoms with van der Waals surface area (Å²) < 4.78 is 0. The summed E-state index contributed by atoms with van der Waals surface area (Å²) in [6.07, 6.45) is 7.29. The fourth-order valence-corrected chi connectivity index (χ4v) is 5.56. The van der Waals surface area contributed by atoms with Gasteiger partial charge >= 0.3 is 6.03 Å². The molecule has 0 radical (unpaired) electrons. The van der Waals surface area contributed by atoms with E-state index in [0.29, 0.717) is 17.5 Å². The van der Waals surface area contributed by atoms with E-state index in [9.17, 15) is 14.4 Å². The van der Waals surface area contributed by atoms with E-state index < -0.39 is 5.54 Å². The lowest BCUT2D eigenvalue weighted by molar-refractivity contribution is -0.131. The Balaban J connectivity index is 1.26. The predicted octanol–water partition coefficient (Wildman–Crippen LogP) is 2.85. The number of amides is 4. The van der Waals surface area contributed by atoms with Gasteiger partial charge in [-0.15, -0.1) is 11.3 Å². The highest BCUT2D eigenvalue weighted by atomic mass is 32.1. The summed E-state index contributed by atoms with van der Waals surface area (Å²) in [6.45, 7) is 2.53. The van der Waals surface area contributed by atoms with Gasteiger partial charge in [-0.2, -0.15) is 0 Å². The SMILES string of the molecule is CC1CCc2nc(NC(=O)CCCN3C(=O)NC4(CCCC4)C3=O)sc2C1. The molecule has 2 aliphatic carbocycles. The Labute approximate surface area is 162 Å². The molecule has 1 unspecified atom stereocenters. The maximum absolute atomic E-state index is 12.6. The lowest BCUT2D eigenvalue weighted by Gasteiger charge is -2.19. The van der Waals surface area contributed by atoms with Crippen molar-refractivity contribution in [1.29, 1.82) is 0 Å². The van der Waals surface area contributed by atoms with E-state index in [-0.39, 0.29) is 30.8 Å². The van der Waals surface area contributed by atoms with Gasteiger partial charge in [-0.25, -0.2) is 9.78 Å². The molecule has 1 saturated heterocycles. The van der Waals surface area contributed by atoms with Crippen LogP contribution < -0.4 is 10.6 Å². The van der Waals surface area contributed by atoms with E-state index in [0.717, 1.165) is 50.6 Å². The number of nitrogens with one attached hydrogen (secondary N) is 2. The lowest BCUT2D eigenvalue weighted by atomic mass is 9.93. The van der Waals surface area contributed by atoms with Crippen LogP contribution in [0.2, 0.25) is 0 Å². The molecule has 0 aromatic carbocycles. The van der Waals surface area contributed by atoms with Crippen molar-refractivity contribution in [3.05, 3.63) is 10.6 Å². The van der Waals surface area contributed by atoms with Crippen LogP contribution >= 0.6 is 11.3 Å². The van der Waals surface area contributed by atoms with Gasteiger partial charge in [0.25, 0.3) is 5.91 Å². The third-order valence-electron chi connectivity index (χ3n) is 5.92. The Morgan fingerprint density at radius 3 is 2.93 bits per heavy atom. The van der Waals surface area contributed by atoms with E-state index in [4.69, 9.17) is 0 Å². The fourth-order valence-electron chi connectivity index (χ4n) is 4.37. The Bertz CT molecular complexity index is 769. The fraction of sp³-hybridized carbons (Fsp3) is 0.684. The lowest BCUT2D eigenvalue weighted by Crippen LogP contribution is -2.44. The van der Waals surface area contributed by atoms with Crippen molar-refractivity contribution in [2.24, 2.45) is 5.92 Å². The largest absolute Gasteiger partial charge is 0.325 e. The summed E-state index contributed by atoms with van der Waals surface area (Å²) in [5.41, 5.74) is 0.450. The van der Waals surface area contributed by atoms with Gasteiger partial charge in [-0.05, 0) is 44.4 Å². The van der Waals surface area contributed by atoms with Crippen LogP contribution in [0, 0.1) is 5.92 Å². The quantitative estimate of drug-likeness (QED) is 0.756. The molecule has 7 nitrogen and oxygen atoms in total. The van der Waals surface area contributed by atoms with Crippen molar-refractivity contribution in [3.63, 3.8) is 0 Å². The van der Waals surface area contributed by atoms with E-state index >= 15 is 0 Å². The topological polar surface area (TPSA) is 91.4 Å². The molecule has 4 amide bonds. The zero-order chi connectivity index (χ0) is 19.0. The highest BCUT2D eigenvalue weighted by molar-refractivity contribution is 7.15. The van der Waals surface area contributed by atoms with E-state index in [1.54, 1.807) is 11.3 Å². The first-order valence-electron chi connectivity index (χ1n) is 9.89. The molecule has 8 heteroatoms. The van der Waals surface area contributed by atoms with Gasteiger partial charge in [0.2, 0.25) is 5.91 Å². The second kappa shape index (κ2) is 7.22. The standard InChI is InChI=1S/C19H26N4O3S/c1-12-6-7-13-14(11-12)27-17(20-13)21-15(24)5-4-10-23-16(25)19(22-18(23)26)8-2-3-9-19/h12H,2-11H2,1H3,(H,22,26)(H,20,21,24). The van der Waals surface area contributed by atoms with Crippen LogP contribution in [-0.2, 0) is 22.4 Å². The summed E-state index contributed by atoms with van der Waals surface area (Å²) in [5, 5.41) is 6.41. The van der Waals surface area contributed by atoms with Crippen molar-refractivity contribution in [2.75, 3.05) is 11.9 Å². The minimum Gasteiger partial charge on any atom is -0.323 e. The molecule has 1 aliphatic heterocycles. The molecule has 1 atom stereocenters. The van der Waals surface area contributed by atoms with E-state index in [2.05, 4.69) is 22.5 Å². The smallest absolute Gasteiger partial charge is 0.323 e. The summed E-state index contributed by atoms with van der Waals surface area (Å²) in [4.78, 5) is 44.0. The molecule has 1 spiro atoms. The van der Waals surface area contributed by atoms with E-state index in [1.807, 2.05) is 0 Å². The van der Waals surface area contributed by atoms with Crippen LogP contribution in [0.15, 0.2) is 0 Å². The Morgan fingerprint density at radius 1 is 1.37 bits per heavy atom. The van der Waals surface area contributed by atoms with Gasteiger partial charge in [0.05, 0.1) is 5.69 Å². The molecule has 2 N–H and O–H groups in total. The van der Waals surface area contributed by atoms with Gasteiger partial charge in [0.1, 0.15) is 5.54 Å². The number of urea groups is 1. The van der Waals surface area contributed by atoms with Crippen molar-refractivity contribution in [2.45, 2.75) is 70.3 Å². The molecule has 2 heterocycles. The van der Waals surface area contributed by atoms with Gasteiger partial charge in [0.15, 0.2) is 5.13 Å². The zero-order valence-corrected chi connectivity index (χ0v) is 16.5. The molecule has 2 fully saturated rings. The van der Waals surface area contributed by atoms with Crippen LogP contribution in [0.5, 0.6) is 0 Å². The third-order valence-corrected chi connectivity index (χ3v) is 6.96. The minimum absolute atomic E-state index is 0.114. The normalized spacial score (nSPS) is 23.6. The second-order valence-electron chi connectivity index (χ2n) is 8.06. The number of anilines is 1. The first-order valence-corrected chi connectivity index (χ1v) is 10.7. The highest BCUT2D eigenvalue weighted by Crippen LogP contribution is 2.35. The van der Waals surface area contributed by atoms with Crippen LogP contribution in [0.25, 0.3) is 0 Å². The summed E-state index contributed by atoms with van der Waals surface area (Å²) >= 11 is 1.57. The number of thiazole rings is 1. The maximum Gasteiger partial charge on any atom is 0.325 e.